The number of nitrogens with one attached hydrogen (secondary N) is 1. The van der Waals surface area contributed by atoms with Crippen LogP contribution < -0.4 is 10.1 Å². The number of ether oxygens (including phenoxy) is 4. The zero-order chi connectivity index (χ0) is 38.2. The molecular weight excluding hydrogens is 677 g/mol. The lowest BCUT2D eigenvalue weighted by atomic mass is 9.98. The zero-order valence-electron chi connectivity index (χ0n) is 32.2. The van der Waals surface area contributed by atoms with Crippen molar-refractivity contribution < 1.29 is 28.5 Å². The van der Waals surface area contributed by atoms with Gasteiger partial charge in [-0.15, -0.1) is 0 Å². The van der Waals surface area contributed by atoms with Crippen LogP contribution in [0.15, 0.2) is 115 Å². The Morgan fingerprint density at radius 1 is 0.759 bits per heavy atom. The molecule has 0 saturated heterocycles. The van der Waals surface area contributed by atoms with Crippen LogP contribution in [0.25, 0.3) is 21.9 Å². The summed E-state index contributed by atoms with van der Waals surface area (Å²) < 4.78 is 24.1. The highest BCUT2D eigenvalue weighted by atomic mass is 16.7. The number of carbonyl (C=O) groups excluding carboxylic acids is 2. The molecule has 8 heteroatoms. The molecule has 54 heavy (non-hydrogen) atoms. The highest BCUT2D eigenvalue weighted by molar-refractivity contribution is 5.89. The quantitative estimate of drug-likeness (QED) is 0.108. The minimum atomic E-state index is -0.962. The minimum Gasteiger partial charge on any atom is -0.488 e. The van der Waals surface area contributed by atoms with Gasteiger partial charge in [0.2, 0.25) is 5.91 Å². The first-order chi connectivity index (χ1) is 26.1. The predicted molar refractivity (Wildman–Crippen MR) is 214 cm³/mol. The minimum absolute atomic E-state index is 0.117. The lowest BCUT2D eigenvalue weighted by Crippen LogP contribution is -2.55. The number of rotatable bonds is 15. The third kappa shape index (κ3) is 9.12. The van der Waals surface area contributed by atoms with Gasteiger partial charge in [-0.3, -0.25) is 4.79 Å². The van der Waals surface area contributed by atoms with E-state index in [1.54, 1.807) is 4.90 Å². The third-order valence-electron chi connectivity index (χ3n) is 9.77. The molecule has 5 aromatic rings. The van der Waals surface area contributed by atoms with Crippen molar-refractivity contribution in [1.29, 1.82) is 0 Å². The van der Waals surface area contributed by atoms with Crippen molar-refractivity contribution in [3.05, 3.63) is 138 Å². The number of nitrogens with zero attached hydrogens (tertiary/aromatic N) is 1. The molecule has 6 rings (SSSR count). The van der Waals surface area contributed by atoms with Crippen molar-refractivity contribution in [2.45, 2.75) is 84.4 Å². The molecule has 2 atom stereocenters. The molecule has 0 spiro atoms. The van der Waals surface area contributed by atoms with Crippen molar-refractivity contribution in [3.63, 3.8) is 0 Å². The van der Waals surface area contributed by atoms with Gasteiger partial charge in [0.15, 0.2) is 6.29 Å². The molecule has 0 fully saturated rings. The molecule has 8 nitrogen and oxygen atoms in total. The van der Waals surface area contributed by atoms with Gasteiger partial charge in [-0.05, 0) is 97.8 Å². The number of fused-ring (bicyclic) bond motifs is 4. The molecule has 0 radical (unpaired) electrons. The lowest BCUT2D eigenvalue weighted by molar-refractivity contribution is -0.179. The normalized spacial score (nSPS) is 13.6. The Labute approximate surface area is 319 Å². The van der Waals surface area contributed by atoms with Crippen LogP contribution in [0.1, 0.15) is 69.7 Å². The fourth-order valence-electron chi connectivity index (χ4n) is 7.30. The van der Waals surface area contributed by atoms with E-state index < -0.39 is 24.5 Å². The summed E-state index contributed by atoms with van der Waals surface area (Å²) in [5.41, 5.74) is 5.99. The molecule has 0 aromatic heterocycles. The summed E-state index contributed by atoms with van der Waals surface area (Å²) in [5.74, 6) is 0.332. The standard InChI is InChI=1S/C46H52N2O6/c1-7-51-44(52-8-2)31(3)48(29-34-18-15-17-33-16-9-10-19-36(33)34)43(49)42(28-32-24-26-35(27-25-32)54-46(4,5)6)47-45(50)53-30-41-39-22-13-11-20-37(39)38-21-12-14-23-40(38)41/h9-27,31,41-42,44H,7-8,28-30H2,1-6H3,(H,47,50)/t31-,42-/m0/s1. The largest absolute Gasteiger partial charge is 0.488 e. The third-order valence-corrected chi connectivity index (χ3v) is 9.77. The van der Waals surface area contributed by atoms with Gasteiger partial charge in [-0.1, -0.05) is 103 Å². The monoisotopic (exact) mass is 728 g/mol. The molecule has 1 aliphatic rings. The van der Waals surface area contributed by atoms with E-state index in [1.165, 1.54) is 0 Å². The van der Waals surface area contributed by atoms with Gasteiger partial charge in [-0.2, -0.15) is 0 Å². The molecule has 0 heterocycles. The van der Waals surface area contributed by atoms with E-state index >= 15 is 4.79 Å². The summed E-state index contributed by atoms with van der Waals surface area (Å²) in [6.07, 6.45) is -1.11. The highest BCUT2D eigenvalue weighted by Gasteiger charge is 2.35. The maximum absolute atomic E-state index is 15.0. The molecular formula is C46H52N2O6. The maximum Gasteiger partial charge on any atom is 0.407 e. The molecule has 2 amide bonds. The predicted octanol–water partition coefficient (Wildman–Crippen LogP) is 9.28. The van der Waals surface area contributed by atoms with Crippen LogP contribution in [0.4, 0.5) is 4.79 Å². The zero-order valence-corrected chi connectivity index (χ0v) is 32.2. The van der Waals surface area contributed by atoms with Gasteiger partial charge in [0, 0.05) is 32.1 Å². The van der Waals surface area contributed by atoms with E-state index in [4.69, 9.17) is 18.9 Å². The summed E-state index contributed by atoms with van der Waals surface area (Å²) in [6, 6.07) is 36.9. The fourth-order valence-corrected chi connectivity index (χ4v) is 7.30. The first kappa shape index (κ1) is 38.5. The lowest BCUT2D eigenvalue weighted by Gasteiger charge is -2.36. The SMILES string of the molecule is CCOC(OCC)[C@H](C)N(Cc1cccc2ccccc12)C(=O)[C@H](Cc1ccc(OC(C)(C)C)cc1)NC(=O)OCC1c2ccccc2-c2ccccc21. The van der Waals surface area contributed by atoms with Crippen LogP contribution in [-0.2, 0) is 32.0 Å². The average molecular weight is 729 g/mol. The smallest absolute Gasteiger partial charge is 0.407 e. The summed E-state index contributed by atoms with van der Waals surface area (Å²) in [4.78, 5) is 30.6. The molecule has 0 aliphatic heterocycles. The second-order valence-corrected chi connectivity index (χ2v) is 14.7. The van der Waals surface area contributed by atoms with E-state index in [9.17, 15) is 4.79 Å². The number of amides is 2. The number of hydrogen-bond acceptors (Lipinski definition) is 6. The van der Waals surface area contributed by atoms with E-state index in [0.717, 1.165) is 49.9 Å². The van der Waals surface area contributed by atoms with Gasteiger partial charge in [0.1, 0.15) is 24.0 Å². The van der Waals surface area contributed by atoms with Gasteiger partial charge in [-0.25, -0.2) is 4.79 Å². The first-order valence-corrected chi connectivity index (χ1v) is 19.0. The van der Waals surface area contributed by atoms with Gasteiger partial charge < -0.3 is 29.2 Å². The molecule has 5 aromatic carbocycles. The van der Waals surface area contributed by atoms with Crippen molar-refractivity contribution >= 4 is 22.8 Å². The van der Waals surface area contributed by atoms with Crippen molar-refractivity contribution in [1.82, 2.24) is 10.2 Å². The van der Waals surface area contributed by atoms with Gasteiger partial charge in [0.05, 0.1) is 6.04 Å². The molecule has 0 saturated carbocycles. The van der Waals surface area contributed by atoms with E-state index in [-0.39, 0.29) is 37.0 Å². The topological polar surface area (TPSA) is 86.3 Å². The van der Waals surface area contributed by atoms with Crippen LogP contribution in [0.3, 0.4) is 0 Å². The Morgan fingerprint density at radius 2 is 1.35 bits per heavy atom. The van der Waals surface area contributed by atoms with E-state index in [2.05, 4.69) is 47.8 Å². The van der Waals surface area contributed by atoms with Crippen LogP contribution in [0.2, 0.25) is 0 Å². The first-order valence-electron chi connectivity index (χ1n) is 19.0. The molecule has 0 unspecified atom stereocenters. The van der Waals surface area contributed by atoms with Crippen LogP contribution in [0.5, 0.6) is 5.75 Å². The second-order valence-electron chi connectivity index (χ2n) is 14.7. The number of benzene rings is 5. The van der Waals surface area contributed by atoms with E-state index in [0.29, 0.717) is 13.2 Å². The van der Waals surface area contributed by atoms with Crippen LogP contribution in [-0.4, -0.2) is 60.7 Å². The molecule has 282 valence electrons. The summed E-state index contributed by atoms with van der Waals surface area (Å²) in [5, 5.41) is 5.11. The highest BCUT2D eigenvalue weighted by Crippen LogP contribution is 2.44. The Hall–Kier alpha value is -5.18. The Bertz CT molecular complexity index is 1980. The number of carbonyl (C=O) groups is 2. The molecule has 0 bridgehead atoms. The van der Waals surface area contributed by atoms with Crippen LogP contribution >= 0.6 is 0 Å². The molecule has 1 N–H and O–H groups in total. The maximum atomic E-state index is 15.0. The van der Waals surface area contributed by atoms with Gasteiger partial charge >= 0.3 is 6.09 Å². The number of alkyl carbamates (subject to hydrolysis) is 1. The van der Waals surface area contributed by atoms with Crippen LogP contribution in [0, 0.1) is 0 Å². The van der Waals surface area contributed by atoms with Crippen molar-refractivity contribution in [2.75, 3.05) is 19.8 Å². The Balaban J connectivity index is 1.30. The Morgan fingerprint density at radius 3 is 1.98 bits per heavy atom. The second kappa shape index (κ2) is 17.3. The van der Waals surface area contributed by atoms with Gasteiger partial charge in [0.25, 0.3) is 0 Å². The Kier molecular flexibility index (Phi) is 12.4. The summed E-state index contributed by atoms with van der Waals surface area (Å²) in [7, 11) is 0. The molecule has 1 aliphatic carbocycles. The van der Waals surface area contributed by atoms with Crippen molar-refractivity contribution in [3.8, 4) is 16.9 Å². The number of hydrogen-bond donors (Lipinski definition) is 1. The fraction of sp³-hybridized carbons (Fsp3) is 0.348. The summed E-state index contributed by atoms with van der Waals surface area (Å²) in [6.45, 7) is 13.0. The van der Waals surface area contributed by atoms with E-state index in [1.807, 2.05) is 114 Å². The average Bonchev–Trinajstić information content (AvgIpc) is 3.49. The van der Waals surface area contributed by atoms with Crippen molar-refractivity contribution in [2.24, 2.45) is 0 Å². The summed E-state index contributed by atoms with van der Waals surface area (Å²) >= 11 is 0.